The van der Waals surface area contributed by atoms with Crippen molar-refractivity contribution < 1.29 is 17.9 Å². The molecule has 7 nitrogen and oxygen atoms in total. The number of sulfonamides is 1. The van der Waals surface area contributed by atoms with E-state index in [0.717, 1.165) is 0 Å². The summed E-state index contributed by atoms with van der Waals surface area (Å²) in [6, 6.07) is 16.1. The number of rotatable bonds is 7. The molecule has 3 rings (SSSR count). The van der Waals surface area contributed by atoms with Gasteiger partial charge in [-0.05, 0) is 79.1 Å². The highest BCUT2D eigenvalue weighted by Gasteiger charge is 2.15. The van der Waals surface area contributed by atoms with Crippen LogP contribution >= 0.6 is 23.6 Å². The fourth-order valence-electron chi connectivity index (χ4n) is 2.45. The van der Waals surface area contributed by atoms with Crippen molar-refractivity contribution in [2.45, 2.75) is 11.8 Å². The van der Waals surface area contributed by atoms with Crippen LogP contribution in [0.15, 0.2) is 70.9 Å². The largest absolute Gasteiger partial charge is 0.494 e. The Kier molecular flexibility index (Phi) is 7.03. The SMILES string of the molecule is CCOc1ccc(NS(=O)(=O)c2ccc(NC(=S)NC(=O)c3cccs3)cc2)cc1. The molecule has 156 valence electrons. The van der Waals surface area contributed by atoms with Crippen LogP contribution in [0.4, 0.5) is 11.4 Å². The highest BCUT2D eigenvalue weighted by molar-refractivity contribution is 7.92. The number of carbonyl (C=O) groups excluding carboxylic acids is 1. The van der Waals surface area contributed by atoms with Gasteiger partial charge in [0.2, 0.25) is 0 Å². The van der Waals surface area contributed by atoms with Gasteiger partial charge in [0, 0.05) is 11.4 Å². The van der Waals surface area contributed by atoms with Crippen LogP contribution in [-0.4, -0.2) is 26.0 Å². The fraction of sp³-hybridized carbons (Fsp3) is 0.100. The molecule has 0 radical (unpaired) electrons. The minimum absolute atomic E-state index is 0.0930. The highest BCUT2D eigenvalue weighted by Crippen LogP contribution is 2.21. The zero-order valence-electron chi connectivity index (χ0n) is 15.9. The molecule has 2 aromatic carbocycles. The molecule has 3 N–H and O–H groups in total. The number of benzene rings is 2. The van der Waals surface area contributed by atoms with Crippen LogP contribution in [-0.2, 0) is 10.0 Å². The van der Waals surface area contributed by atoms with Gasteiger partial charge in [0.05, 0.1) is 16.4 Å². The first-order valence-electron chi connectivity index (χ1n) is 8.89. The van der Waals surface area contributed by atoms with Crippen LogP contribution < -0.4 is 20.1 Å². The number of carbonyl (C=O) groups is 1. The smallest absolute Gasteiger partial charge is 0.267 e. The molecule has 0 saturated heterocycles. The number of hydrogen-bond acceptors (Lipinski definition) is 6. The number of ether oxygens (including phenoxy) is 1. The van der Waals surface area contributed by atoms with Gasteiger partial charge in [-0.15, -0.1) is 11.3 Å². The molecule has 0 spiro atoms. The number of hydrogen-bond donors (Lipinski definition) is 3. The van der Waals surface area contributed by atoms with Gasteiger partial charge in [0.25, 0.3) is 15.9 Å². The maximum absolute atomic E-state index is 12.6. The molecule has 0 aliphatic heterocycles. The van der Waals surface area contributed by atoms with Crippen LogP contribution in [0.25, 0.3) is 0 Å². The normalized spacial score (nSPS) is 10.8. The summed E-state index contributed by atoms with van der Waals surface area (Å²) in [7, 11) is -3.75. The van der Waals surface area contributed by atoms with Gasteiger partial charge in [-0.25, -0.2) is 8.42 Å². The van der Waals surface area contributed by atoms with E-state index >= 15 is 0 Å². The molecule has 30 heavy (non-hydrogen) atoms. The Labute approximate surface area is 184 Å². The van der Waals surface area contributed by atoms with E-state index in [2.05, 4.69) is 15.4 Å². The van der Waals surface area contributed by atoms with Crippen LogP contribution in [0.2, 0.25) is 0 Å². The van der Waals surface area contributed by atoms with Gasteiger partial charge in [0.1, 0.15) is 5.75 Å². The Morgan fingerprint density at radius 2 is 1.70 bits per heavy atom. The van der Waals surface area contributed by atoms with Crippen molar-refractivity contribution >= 4 is 56.0 Å². The second-order valence-corrected chi connectivity index (χ2v) is 9.01. The lowest BCUT2D eigenvalue weighted by molar-refractivity contribution is 0.0981. The number of nitrogens with one attached hydrogen (secondary N) is 3. The number of anilines is 2. The molecule has 1 aromatic heterocycles. The summed E-state index contributed by atoms with van der Waals surface area (Å²) < 4.78 is 33.0. The van der Waals surface area contributed by atoms with E-state index < -0.39 is 10.0 Å². The second-order valence-electron chi connectivity index (χ2n) is 5.97. The summed E-state index contributed by atoms with van der Waals surface area (Å²) in [5.41, 5.74) is 0.976. The molecular weight excluding hydrogens is 442 g/mol. The van der Waals surface area contributed by atoms with E-state index in [4.69, 9.17) is 17.0 Å². The van der Waals surface area contributed by atoms with E-state index in [9.17, 15) is 13.2 Å². The maximum Gasteiger partial charge on any atom is 0.267 e. The Bertz CT molecular complexity index is 1110. The summed E-state index contributed by atoms with van der Waals surface area (Å²) in [4.78, 5) is 12.6. The molecular formula is C20H19N3O4S3. The Balaban J connectivity index is 1.61. The van der Waals surface area contributed by atoms with Gasteiger partial charge in [-0.1, -0.05) is 6.07 Å². The van der Waals surface area contributed by atoms with E-state index in [1.807, 2.05) is 6.92 Å². The molecule has 0 saturated carbocycles. The molecule has 1 heterocycles. The summed E-state index contributed by atoms with van der Waals surface area (Å²) >= 11 is 6.44. The topological polar surface area (TPSA) is 96.5 Å². The minimum atomic E-state index is -3.75. The Morgan fingerprint density at radius 3 is 2.30 bits per heavy atom. The zero-order chi connectivity index (χ0) is 21.6. The first-order chi connectivity index (χ1) is 14.4. The third kappa shape index (κ3) is 5.78. The van der Waals surface area contributed by atoms with Gasteiger partial charge in [-0.3, -0.25) is 14.8 Å². The van der Waals surface area contributed by atoms with Crippen LogP contribution in [0, 0.1) is 0 Å². The first kappa shape index (κ1) is 21.8. The van der Waals surface area contributed by atoms with Crippen molar-refractivity contribution in [1.29, 1.82) is 0 Å². The number of thiophene rings is 1. The van der Waals surface area contributed by atoms with E-state index in [0.29, 0.717) is 28.6 Å². The van der Waals surface area contributed by atoms with Crippen LogP contribution in [0.5, 0.6) is 5.75 Å². The lowest BCUT2D eigenvalue weighted by atomic mass is 10.3. The highest BCUT2D eigenvalue weighted by atomic mass is 32.2. The summed E-state index contributed by atoms with van der Waals surface area (Å²) in [5, 5.41) is 7.35. The number of thiocarbonyl (C=S) groups is 1. The lowest BCUT2D eigenvalue weighted by Gasteiger charge is -2.11. The van der Waals surface area contributed by atoms with Crippen molar-refractivity contribution in [3.05, 3.63) is 70.9 Å². The molecule has 1 amide bonds. The van der Waals surface area contributed by atoms with Crippen molar-refractivity contribution in [1.82, 2.24) is 5.32 Å². The fourth-order valence-corrected chi connectivity index (χ4v) is 4.34. The van der Waals surface area contributed by atoms with Gasteiger partial charge in [-0.2, -0.15) is 0 Å². The minimum Gasteiger partial charge on any atom is -0.494 e. The molecule has 3 aromatic rings. The van der Waals surface area contributed by atoms with E-state index in [1.54, 1.807) is 53.9 Å². The lowest BCUT2D eigenvalue weighted by Crippen LogP contribution is -2.33. The average molecular weight is 462 g/mol. The summed E-state index contributed by atoms with van der Waals surface area (Å²) in [5.74, 6) is 0.360. The van der Waals surface area contributed by atoms with Crippen molar-refractivity contribution in [3.8, 4) is 5.75 Å². The predicted molar refractivity (Wildman–Crippen MR) is 123 cm³/mol. The van der Waals surface area contributed by atoms with Gasteiger partial charge >= 0.3 is 0 Å². The first-order valence-corrected chi connectivity index (χ1v) is 11.7. The van der Waals surface area contributed by atoms with Crippen LogP contribution in [0.3, 0.4) is 0 Å². The summed E-state index contributed by atoms with van der Waals surface area (Å²) in [6.07, 6.45) is 0. The molecule has 0 aliphatic rings. The third-order valence-corrected chi connectivity index (χ3v) is 6.28. The monoisotopic (exact) mass is 461 g/mol. The average Bonchev–Trinajstić information content (AvgIpc) is 3.25. The van der Waals surface area contributed by atoms with E-state index in [-0.39, 0.29) is 15.9 Å². The molecule has 10 heteroatoms. The molecule has 0 unspecified atom stereocenters. The quantitative estimate of drug-likeness (QED) is 0.459. The van der Waals surface area contributed by atoms with E-state index in [1.165, 1.54) is 23.5 Å². The zero-order valence-corrected chi connectivity index (χ0v) is 18.4. The van der Waals surface area contributed by atoms with Crippen molar-refractivity contribution in [2.75, 3.05) is 16.6 Å². The Morgan fingerprint density at radius 1 is 1.03 bits per heavy atom. The molecule has 0 aliphatic carbocycles. The second kappa shape index (κ2) is 9.70. The maximum atomic E-state index is 12.6. The number of amides is 1. The third-order valence-electron chi connectivity index (χ3n) is 3.81. The Hall–Kier alpha value is -2.95. The van der Waals surface area contributed by atoms with Gasteiger partial charge in [0.15, 0.2) is 5.11 Å². The van der Waals surface area contributed by atoms with Crippen molar-refractivity contribution in [3.63, 3.8) is 0 Å². The predicted octanol–water partition coefficient (Wildman–Crippen LogP) is 4.07. The molecule has 0 bridgehead atoms. The van der Waals surface area contributed by atoms with Crippen LogP contribution in [0.1, 0.15) is 16.6 Å². The van der Waals surface area contributed by atoms with Crippen molar-refractivity contribution in [2.24, 2.45) is 0 Å². The summed E-state index contributed by atoms with van der Waals surface area (Å²) in [6.45, 7) is 2.41. The molecule has 0 atom stereocenters. The molecule has 0 fully saturated rings. The standard InChI is InChI=1S/C20H19N3O4S3/c1-2-27-16-9-5-15(6-10-16)23-30(25,26)17-11-7-14(8-12-17)21-20(28)22-19(24)18-4-3-13-29-18/h3-13,23H,2H2,1H3,(H2,21,22,24,28). The van der Waals surface area contributed by atoms with Gasteiger partial charge < -0.3 is 10.1 Å².